The minimum atomic E-state index is -0.0651. The van der Waals surface area contributed by atoms with E-state index in [2.05, 4.69) is 4.90 Å². The summed E-state index contributed by atoms with van der Waals surface area (Å²) in [6.07, 6.45) is 4.29. The van der Waals surface area contributed by atoms with Crippen molar-refractivity contribution in [1.82, 2.24) is 4.90 Å². The molecule has 2 aromatic rings. The highest BCUT2D eigenvalue weighted by Gasteiger charge is 2.09. The number of benzene rings is 2. The van der Waals surface area contributed by atoms with E-state index in [1.165, 1.54) is 0 Å². The van der Waals surface area contributed by atoms with Crippen molar-refractivity contribution in [2.45, 2.75) is 6.42 Å². The molecular weight excluding hydrogens is 354 g/mol. The van der Waals surface area contributed by atoms with E-state index in [1.807, 2.05) is 36.4 Å². The molecule has 148 valence electrons. The van der Waals surface area contributed by atoms with Crippen LogP contribution in [0.5, 0.6) is 11.5 Å². The Bertz CT molecular complexity index is 797. The van der Waals surface area contributed by atoms with Crippen LogP contribution in [0.25, 0.3) is 6.08 Å². The maximum absolute atomic E-state index is 12.5. The van der Waals surface area contributed by atoms with Crippen molar-refractivity contribution >= 4 is 11.9 Å². The molecular formula is C23H27NO4. The van der Waals surface area contributed by atoms with Gasteiger partial charge in [0.05, 0.1) is 26.9 Å². The molecule has 1 heterocycles. The molecule has 0 amide bonds. The van der Waals surface area contributed by atoms with Crippen LogP contribution < -0.4 is 9.47 Å². The van der Waals surface area contributed by atoms with Crippen LogP contribution >= 0.6 is 0 Å². The summed E-state index contributed by atoms with van der Waals surface area (Å²) in [5.41, 5.74) is 1.48. The van der Waals surface area contributed by atoms with Gasteiger partial charge in [-0.1, -0.05) is 30.3 Å². The molecule has 5 nitrogen and oxygen atoms in total. The van der Waals surface area contributed by atoms with Gasteiger partial charge in [0.2, 0.25) is 0 Å². The summed E-state index contributed by atoms with van der Waals surface area (Å²) in [7, 11) is 1.62. The molecule has 28 heavy (non-hydrogen) atoms. The molecule has 1 saturated heterocycles. The molecule has 0 aromatic heterocycles. The van der Waals surface area contributed by atoms with Crippen LogP contribution in [-0.2, 0) is 4.74 Å². The summed E-state index contributed by atoms with van der Waals surface area (Å²) in [6, 6.07) is 14.9. The molecule has 2 aromatic carbocycles. The third-order valence-corrected chi connectivity index (χ3v) is 4.66. The Labute approximate surface area is 166 Å². The predicted octanol–water partition coefficient (Wildman–Crippen LogP) is 3.69. The molecule has 0 radical (unpaired) electrons. The Hall–Kier alpha value is -2.63. The fourth-order valence-corrected chi connectivity index (χ4v) is 3.11. The van der Waals surface area contributed by atoms with Crippen LogP contribution in [-0.4, -0.2) is 57.2 Å². The van der Waals surface area contributed by atoms with Crippen LogP contribution in [0.15, 0.2) is 54.6 Å². The number of hydrogen-bond donors (Lipinski definition) is 0. The lowest BCUT2D eigenvalue weighted by atomic mass is 10.1. The molecule has 5 heteroatoms. The lowest BCUT2D eigenvalue weighted by Crippen LogP contribution is -2.37. The highest BCUT2D eigenvalue weighted by atomic mass is 16.5. The number of ketones is 1. The van der Waals surface area contributed by atoms with Crippen LogP contribution in [0.3, 0.4) is 0 Å². The van der Waals surface area contributed by atoms with Crippen molar-refractivity contribution in [2.24, 2.45) is 0 Å². The van der Waals surface area contributed by atoms with Gasteiger partial charge in [0.15, 0.2) is 5.78 Å². The van der Waals surface area contributed by atoms with Crippen molar-refractivity contribution in [3.8, 4) is 11.5 Å². The summed E-state index contributed by atoms with van der Waals surface area (Å²) >= 11 is 0. The fraction of sp³-hybridized carbons (Fsp3) is 0.348. The molecule has 1 aliphatic heterocycles. The second kappa shape index (κ2) is 10.6. The number of para-hydroxylation sites is 1. The number of carbonyl (C=O) groups excluding carboxylic acids is 1. The second-order valence-electron chi connectivity index (χ2n) is 6.62. The first kappa shape index (κ1) is 20.1. The molecule has 0 bridgehead atoms. The predicted molar refractivity (Wildman–Crippen MR) is 110 cm³/mol. The standard InChI is InChI=1S/C23H27NO4/c1-26-23-9-3-2-6-19(23)10-11-22(25)20-7-4-8-21(18-20)28-15-5-12-24-13-16-27-17-14-24/h2-4,6-11,18H,5,12-17H2,1H3/b11-10+. The van der Waals surface area contributed by atoms with Crippen LogP contribution in [0.1, 0.15) is 22.3 Å². The average molecular weight is 381 g/mol. The molecule has 1 aliphatic rings. The van der Waals surface area contributed by atoms with E-state index in [0.717, 1.165) is 56.3 Å². The van der Waals surface area contributed by atoms with Gasteiger partial charge in [-0.15, -0.1) is 0 Å². The quantitative estimate of drug-likeness (QED) is 0.377. The third-order valence-electron chi connectivity index (χ3n) is 4.66. The van der Waals surface area contributed by atoms with E-state index >= 15 is 0 Å². The Morgan fingerprint density at radius 1 is 1.14 bits per heavy atom. The van der Waals surface area contributed by atoms with E-state index in [9.17, 15) is 4.79 Å². The Morgan fingerprint density at radius 2 is 1.96 bits per heavy atom. The first-order valence-corrected chi connectivity index (χ1v) is 9.64. The summed E-state index contributed by atoms with van der Waals surface area (Å²) in [5.74, 6) is 1.40. The van der Waals surface area contributed by atoms with Gasteiger partial charge in [-0.3, -0.25) is 9.69 Å². The van der Waals surface area contributed by atoms with Crippen molar-refractivity contribution in [1.29, 1.82) is 0 Å². The van der Waals surface area contributed by atoms with E-state index in [0.29, 0.717) is 12.2 Å². The molecule has 1 fully saturated rings. The van der Waals surface area contributed by atoms with Crippen molar-refractivity contribution < 1.29 is 19.0 Å². The summed E-state index contributed by atoms with van der Waals surface area (Å²) in [4.78, 5) is 14.9. The van der Waals surface area contributed by atoms with E-state index < -0.39 is 0 Å². The van der Waals surface area contributed by atoms with Crippen LogP contribution in [0, 0.1) is 0 Å². The normalized spacial score (nSPS) is 14.9. The molecule has 0 unspecified atom stereocenters. The van der Waals surface area contributed by atoms with Crippen molar-refractivity contribution in [2.75, 3.05) is 46.6 Å². The molecule has 0 aliphatic carbocycles. The summed E-state index contributed by atoms with van der Waals surface area (Å²) in [6.45, 7) is 5.24. The lowest BCUT2D eigenvalue weighted by molar-refractivity contribution is 0.0358. The van der Waals surface area contributed by atoms with Gasteiger partial charge in [0.1, 0.15) is 11.5 Å². The van der Waals surface area contributed by atoms with E-state index in [-0.39, 0.29) is 5.78 Å². The van der Waals surface area contributed by atoms with Gasteiger partial charge < -0.3 is 14.2 Å². The summed E-state index contributed by atoms with van der Waals surface area (Å²) < 4.78 is 16.5. The average Bonchev–Trinajstić information content (AvgIpc) is 2.76. The number of morpholine rings is 1. The molecule has 0 spiro atoms. The SMILES string of the molecule is COc1ccccc1/C=C/C(=O)c1cccc(OCCCN2CCOCC2)c1. The number of hydrogen-bond acceptors (Lipinski definition) is 5. The minimum Gasteiger partial charge on any atom is -0.496 e. The minimum absolute atomic E-state index is 0.0651. The van der Waals surface area contributed by atoms with Gasteiger partial charge in [0, 0.05) is 30.8 Å². The third kappa shape index (κ3) is 5.94. The van der Waals surface area contributed by atoms with E-state index in [4.69, 9.17) is 14.2 Å². The summed E-state index contributed by atoms with van der Waals surface area (Å²) in [5, 5.41) is 0. The lowest BCUT2D eigenvalue weighted by Gasteiger charge is -2.26. The zero-order chi connectivity index (χ0) is 19.6. The van der Waals surface area contributed by atoms with Gasteiger partial charge in [-0.2, -0.15) is 0 Å². The largest absolute Gasteiger partial charge is 0.496 e. The second-order valence-corrected chi connectivity index (χ2v) is 6.62. The molecule has 0 atom stereocenters. The monoisotopic (exact) mass is 381 g/mol. The fourth-order valence-electron chi connectivity index (χ4n) is 3.11. The first-order chi connectivity index (χ1) is 13.8. The highest BCUT2D eigenvalue weighted by Crippen LogP contribution is 2.20. The van der Waals surface area contributed by atoms with Crippen LogP contribution in [0.2, 0.25) is 0 Å². The number of ether oxygens (including phenoxy) is 3. The van der Waals surface area contributed by atoms with Crippen LogP contribution in [0.4, 0.5) is 0 Å². The van der Waals surface area contributed by atoms with Gasteiger partial charge in [-0.25, -0.2) is 0 Å². The van der Waals surface area contributed by atoms with Crippen molar-refractivity contribution in [3.63, 3.8) is 0 Å². The smallest absolute Gasteiger partial charge is 0.185 e. The molecule has 0 saturated carbocycles. The number of allylic oxidation sites excluding steroid dienone is 1. The number of carbonyl (C=O) groups is 1. The molecule has 3 rings (SSSR count). The van der Waals surface area contributed by atoms with Crippen molar-refractivity contribution in [3.05, 3.63) is 65.7 Å². The maximum Gasteiger partial charge on any atom is 0.185 e. The number of nitrogens with zero attached hydrogens (tertiary/aromatic N) is 1. The first-order valence-electron chi connectivity index (χ1n) is 9.64. The highest BCUT2D eigenvalue weighted by molar-refractivity contribution is 6.07. The Morgan fingerprint density at radius 3 is 2.79 bits per heavy atom. The Balaban J connectivity index is 1.52. The van der Waals surface area contributed by atoms with Gasteiger partial charge >= 0.3 is 0 Å². The topological polar surface area (TPSA) is 48.0 Å². The van der Waals surface area contributed by atoms with E-state index in [1.54, 1.807) is 31.4 Å². The van der Waals surface area contributed by atoms with Gasteiger partial charge in [0.25, 0.3) is 0 Å². The maximum atomic E-state index is 12.5. The zero-order valence-corrected chi connectivity index (χ0v) is 16.3. The molecule has 0 N–H and O–H groups in total. The van der Waals surface area contributed by atoms with Gasteiger partial charge in [-0.05, 0) is 36.8 Å². The zero-order valence-electron chi connectivity index (χ0n) is 16.3. The Kier molecular flexibility index (Phi) is 7.64. The number of rotatable bonds is 9. The number of methoxy groups -OCH3 is 1.